The second kappa shape index (κ2) is 9.86. The third-order valence-corrected chi connectivity index (χ3v) is 5.10. The van der Waals surface area contributed by atoms with E-state index in [0.717, 1.165) is 36.6 Å². The lowest BCUT2D eigenvalue weighted by atomic mass is 10.1. The summed E-state index contributed by atoms with van der Waals surface area (Å²) < 4.78 is 43.3. The van der Waals surface area contributed by atoms with Crippen molar-refractivity contribution in [2.24, 2.45) is 0 Å². The van der Waals surface area contributed by atoms with E-state index in [1.54, 1.807) is 30.5 Å². The van der Waals surface area contributed by atoms with Crippen LogP contribution in [0.25, 0.3) is 0 Å². The van der Waals surface area contributed by atoms with Gasteiger partial charge in [0.25, 0.3) is 0 Å². The van der Waals surface area contributed by atoms with Gasteiger partial charge >= 0.3 is 6.18 Å². The van der Waals surface area contributed by atoms with Gasteiger partial charge in [0.2, 0.25) is 5.91 Å². The first-order valence-electron chi connectivity index (χ1n) is 10.4. The van der Waals surface area contributed by atoms with Gasteiger partial charge in [0.15, 0.2) is 5.82 Å². The van der Waals surface area contributed by atoms with Crippen LogP contribution in [0.3, 0.4) is 0 Å². The molecule has 2 heterocycles. The van der Waals surface area contributed by atoms with Crippen LogP contribution in [0.2, 0.25) is 0 Å². The van der Waals surface area contributed by atoms with Gasteiger partial charge in [-0.1, -0.05) is 12.1 Å². The third-order valence-electron chi connectivity index (χ3n) is 5.10. The average Bonchev–Trinajstić information content (AvgIpc) is 2.81. The number of halogens is 3. The van der Waals surface area contributed by atoms with Gasteiger partial charge in [-0.3, -0.25) is 4.79 Å². The molecule has 2 N–H and O–H groups in total. The van der Waals surface area contributed by atoms with Crippen molar-refractivity contribution in [3.63, 3.8) is 0 Å². The summed E-state index contributed by atoms with van der Waals surface area (Å²) in [6.07, 6.45) is -2.71. The lowest BCUT2D eigenvalue weighted by Gasteiger charge is -2.28. The molecule has 33 heavy (non-hydrogen) atoms. The zero-order valence-corrected chi connectivity index (χ0v) is 17.6. The molecule has 1 amide bonds. The Morgan fingerprint density at radius 3 is 2.33 bits per heavy atom. The van der Waals surface area contributed by atoms with E-state index in [4.69, 9.17) is 4.74 Å². The van der Waals surface area contributed by atoms with E-state index in [-0.39, 0.29) is 12.3 Å². The van der Waals surface area contributed by atoms with E-state index in [9.17, 15) is 18.0 Å². The van der Waals surface area contributed by atoms with Crippen LogP contribution in [0, 0.1) is 0 Å². The quantitative estimate of drug-likeness (QED) is 0.576. The summed E-state index contributed by atoms with van der Waals surface area (Å²) in [6, 6.07) is 13.5. The fourth-order valence-corrected chi connectivity index (χ4v) is 3.40. The van der Waals surface area contributed by atoms with Crippen LogP contribution in [0.1, 0.15) is 11.1 Å². The molecular formula is C23H22F3N5O2. The highest BCUT2D eigenvalue weighted by Crippen LogP contribution is 2.29. The number of nitrogens with one attached hydrogen (secondary N) is 2. The van der Waals surface area contributed by atoms with E-state index in [2.05, 4.69) is 25.7 Å². The van der Waals surface area contributed by atoms with Crippen molar-refractivity contribution in [3.8, 4) is 0 Å². The van der Waals surface area contributed by atoms with E-state index in [1.165, 1.54) is 12.1 Å². The Balaban J connectivity index is 1.32. The smallest absolute Gasteiger partial charge is 0.378 e. The van der Waals surface area contributed by atoms with Crippen LogP contribution in [0.4, 0.5) is 36.1 Å². The molecule has 1 aliphatic rings. The summed E-state index contributed by atoms with van der Waals surface area (Å²) in [4.78, 5) is 14.4. The first kappa shape index (κ1) is 22.5. The third kappa shape index (κ3) is 6.19. The standard InChI is InChI=1S/C23H22F3N5O2/c24-23(25,26)17-3-1-16(2-4-17)13-22(32)29-19-7-5-18(6-8-19)28-21-14-20(15-27-30-21)31-9-11-33-12-10-31/h1-8,14-15H,9-13H2,(H,28,30)(H,29,32). The first-order valence-corrected chi connectivity index (χ1v) is 10.4. The topological polar surface area (TPSA) is 79.4 Å². The number of nitrogens with zero attached hydrogens (tertiary/aromatic N) is 3. The van der Waals surface area contributed by atoms with Gasteiger partial charge in [0, 0.05) is 30.5 Å². The number of ether oxygens (including phenoxy) is 1. The molecule has 0 bridgehead atoms. The molecule has 0 radical (unpaired) electrons. The van der Waals surface area contributed by atoms with Gasteiger partial charge in [0.05, 0.1) is 37.1 Å². The van der Waals surface area contributed by atoms with Gasteiger partial charge in [-0.2, -0.15) is 18.3 Å². The number of morpholine rings is 1. The number of amides is 1. The van der Waals surface area contributed by atoms with Crippen molar-refractivity contribution >= 4 is 28.8 Å². The zero-order chi connectivity index (χ0) is 23.3. The van der Waals surface area contributed by atoms with Crippen molar-refractivity contribution in [2.75, 3.05) is 41.8 Å². The minimum Gasteiger partial charge on any atom is -0.378 e. The molecule has 1 fully saturated rings. The predicted molar refractivity (Wildman–Crippen MR) is 119 cm³/mol. The Kier molecular flexibility index (Phi) is 6.74. The maximum absolute atomic E-state index is 12.6. The number of rotatable bonds is 6. The molecule has 0 spiro atoms. The highest BCUT2D eigenvalue weighted by molar-refractivity contribution is 5.92. The Morgan fingerprint density at radius 1 is 1.00 bits per heavy atom. The van der Waals surface area contributed by atoms with Crippen molar-refractivity contribution in [2.45, 2.75) is 12.6 Å². The highest BCUT2D eigenvalue weighted by Gasteiger charge is 2.30. The summed E-state index contributed by atoms with van der Waals surface area (Å²) >= 11 is 0. The van der Waals surface area contributed by atoms with Gasteiger partial charge in [0.1, 0.15) is 0 Å². The molecule has 0 saturated carbocycles. The van der Waals surface area contributed by atoms with E-state index < -0.39 is 11.7 Å². The Hall–Kier alpha value is -3.66. The molecule has 1 aromatic heterocycles. The number of hydrogen-bond acceptors (Lipinski definition) is 6. The Bertz CT molecular complexity index is 1080. The molecule has 7 nitrogen and oxygen atoms in total. The molecule has 0 aliphatic carbocycles. The number of aromatic nitrogens is 2. The van der Waals surface area contributed by atoms with E-state index in [0.29, 0.717) is 30.3 Å². The summed E-state index contributed by atoms with van der Waals surface area (Å²) in [6.45, 7) is 2.95. The number of carbonyl (C=O) groups excluding carboxylic acids is 1. The minimum absolute atomic E-state index is 0.0257. The molecule has 0 atom stereocenters. The lowest BCUT2D eigenvalue weighted by molar-refractivity contribution is -0.137. The molecule has 1 saturated heterocycles. The van der Waals surface area contributed by atoms with E-state index >= 15 is 0 Å². The van der Waals surface area contributed by atoms with Crippen molar-refractivity contribution in [1.29, 1.82) is 0 Å². The maximum Gasteiger partial charge on any atom is 0.416 e. The molecule has 0 unspecified atom stereocenters. The number of carbonyl (C=O) groups is 1. The summed E-state index contributed by atoms with van der Waals surface area (Å²) in [5, 5.41) is 14.1. The number of hydrogen-bond donors (Lipinski definition) is 2. The molecule has 10 heteroatoms. The SMILES string of the molecule is O=C(Cc1ccc(C(F)(F)F)cc1)Nc1ccc(Nc2cc(N3CCOCC3)cnn2)cc1. The molecule has 3 aromatic rings. The van der Waals surface area contributed by atoms with Crippen LogP contribution in [0.5, 0.6) is 0 Å². The van der Waals surface area contributed by atoms with Crippen LogP contribution in [0.15, 0.2) is 60.8 Å². The summed E-state index contributed by atoms with van der Waals surface area (Å²) in [5.74, 6) is 0.276. The molecule has 2 aromatic carbocycles. The molecule has 172 valence electrons. The lowest BCUT2D eigenvalue weighted by Crippen LogP contribution is -2.36. The Labute approximate surface area is 188 Å². The second-order valence-electron chi connectivity index (χ2n) is 7.52. The van der Waals surface area contributed by atoms with Gasteiger partial charge < -0.3 is 20.3 Å². The maximum atomic E-state index is 12.6. The zero-order valence-electron chi connectivity index (χ0n) is 17.6. The van der Waals surface area contributed by atoms with Gasteiger partial charge in [-0.15, -0.1) is 5.10 Å². The monoisotopic (exact) mass is 457 g/mol. The van der Waals surface area contributed by atoms with Crippen molar-refractivity contribution in [3.05, 3.63) is 71.9 Å². The van der Waals surface area contributed by atoms with Crippen LogP contribution < -0.4 is 15.5 Å². The average molecular weight is 457 g/mol. The normalized spacial score (nSPS) is 14.1. The molecule has 4 rings (SSSR count). The van der Waals surface area contributed by atoms with Crippen LogP contribution in [-0.2, 0) is 22.1 Å². The summed E-state index contributed by atoms with van der Waals surface area (Å²) in [7, 11) is 0. The predicted octanol–water partition coefficient (Wildman–Crippen LogP) is 4.26. The number of anilines is 4. The first-order chi connectivity index (χ1) is 15.9. The minimum atomic E-state index is -4.40. The number of alkyl halides is 3. The summed E-state index contributed by atoms with van der Waals surface area (Å²) in [5.41, 5.74) is 2.06. The molecule has 1 aliphatic heterocycles. The van der Waals surface area contributed by atoms with Gasteiger partial charge in [-0.25, -0.2) is 0 Å². The fourth-order valence-electron chi connectivity index (χ4n) is 3.40. The van der Waals surface area contributed by atoms with Crippen LogP contribution in [-0.4, -0.2) is 42.4 Å². The Morgan fingerprint density at radius 2 is 1.67 bits per heavy atom. The number of benzene rings is 2. The van der Waals surface area contributed by atoms with Crippen molar-refractivity contribution in [1.82, 2.24) is 10.2 Å². The fraction of sp³-hybridized carbons (Fsp3) is 0.261. The highest BCUT2D eigenvalue weighted by atomic mass is 19.4. The van der Waals surface area contributed by atoms with E-state index in [1.807, 2.05) is 6.07 Å². The van der Waals surface area contributed by atoms with Gasteiger partial charge in [-0.05, 0) is 42.0 Å². The van der Waals surface area contributed by atoms with Crippen molar-refractivity contribution < 1.29 is 22.7 Å². The van der Waals surface area contributed by atoms with Crippen LogP contribution >= 0.6 is 0 Å². The second-order valence-corrected chi connectivity index (χ2v) is 7.52. The molecular weight excluding hydrogens is 435 g/mol. The largest absolute Gasteiger partial charge is 0.416 e.